The van der Waals surface area contributed by atoms with Crippen molar-refractivity contribution in [2.45, 2.75) is 6.10 Å². The van der Waals surface area contributed by atoms with Crippen LogP contribution in [0, 0.1) is 5.92 Å². The molecule has 1 aromatic carbocycles. The van der Waals surface area contributed by atoms with Crippen molar-refractivity contribution in [2.24, 2.45) is 5.92 Å². The van der Waals surface area contributed by atoms with Crippen LogP contribution in [-0.2, 0) is 0 Å². The van der Waals surface area contributed by atoms with Crippen LogP contribution in [-0.4, -0.2) is 46.5 Å². The molecule has 2 unspecified atom stereocenters. The zero-order valence-corrected chi connectivity index (χ0v) is 14.9. The molecule has 24 heavy (non-hydrogen) atoms. The summed E-state index contributed by atoms with van der Waals surface area (Å²) in [7, 11) is 0. The number of hydrogen-bond donors (Lipinski definition) is 3. The Hall–Kier alpha value is -1.31. The van der Waals surface area contributed by atoms with Crippen LogP contribution >= 0.6 is 35.6 Å². The van der Waals surface area contributed by atoms with Crippen LogP contribution in [0.25, 0.3) is 5.69 Å². The largest absolute Gasteiger partial charge is 0.391 e. The smallest absolute Gasteiger partial charge is 0.254 e. The van der Waals surface area contributed by atoms with E-state index in [9.17, 15) is 9.90 Å². The molecule has 1 aliphatic rings. The van der Waals surface area contributed by atoms with Gasteiger partial charge in [0.1, 0.15) is 0 Å². The van der Waals surface area contributed by atoms with Crippen molar-refractivity contribution >= 4 is 41.5 Å². The molecule has 0 aliphatic carbocycles. The first-order valence-electron chi connectivity index (χ1n) is 7.21. The summed E-state index contributed by atoms with van der Waals surface area (Å²) in [5, 5.41) is 20.8. The van der Waals surface area contributed by atoms with Crippen molar-refractivity contribution in [1.82, 2.24) is 20.4 Å². The van der Waals surface area contributed by atoms with Crippen molar-refractivity contribution in [3.05, 3.63) is 46.2 Å². The van der Waals surface area contributed by atoms with E-state index >= 15 is 0 Å². The summed E-state index contributed by atoms with van der Waals surface area (Å²) < 4.78 is 1.53. The number of halogens is 3. The van der Waals surface area contributed by atoms with Crippen LogP contribution in [0.15, 0.2) is 30.6 Å². The van der Waals surface area contributed by atoms with Gasteiger partial charge in [0.15, 0.2) is 0 Å². The average Bonchev–Trinajstić information content (AvgIpc) is 3.14. The average molecular weight is 392 g/mol. The molecular formula is C15H17Cl3N4O2. The SMILES string of the molecule is Cl.O=C(NCC1CNCC1O)c1cnn(-c2ccc(Cl)cc2Cl)c1. The number of rotatable bonds is 4. The Morgan fingerprint density at radius 1 is 1.42 bits per heavy atom. The molecule has 1 fully saturated rings. The lowest BCUT2D eigenvalue weighted by molar-refractivity contribution is 0.0927. The van der Waals surface area contributed by atoms with Crippen molar-refractivity contribution in [1.29, 1.82) is 0 Å². The molecule has 3 N–H and O–H groups in total. The highest BCUT2D eigenvalue weighted by Gasteiger charge is 2.25. The fourth-order valence-electron chi connectivity index (χ4n) is 2.49. The van der Waals surface area contributed by atoms with Crippen LogP contribution in [0.4, 0.5) is 0 Å². The third-order valence-electron chi connectivity index (χ3n) is 3.83. The van der Waals surface area contributed by atoms with E-state index in [0.717, 1.165) is 0 Å². The Balaban J connectivity index is 0.00000208. The van der Waals surface area contributed by atoms with E-state index in [2.05, 4.69) is 15.7 Å². The number of nitrogens with one attached hydrogen (secondary N) is 2. The fraction of sp³-hybridized carbons (Fsp3) is 0.333. The minimum absolute atomic E-state index is 0. The predicted octanol–water partition coefficient (Wildman–Crippen LogP) is 1.91. The highest BCUT2D eigenvalue weighted by Crippen LogP contribution is 2.24. The standard InChI is InChI=1S/C15H16Cl2N4O2.ClH/c16-11-1-2-13(12(17)3-11)21-8-10(6-20-21)15(23)19-5-9-4-18-7-14(9)22;/h1-3,6,8-9,14,18,22H,4-5,7H2,(H,19,23);1H. The quantitative estimate of drug-likeness (QED) is 0.744. The molecule has 1 aliphatic heterocycles. The third-order valence-corrected chi connectivity index (χ3v) is 4.37. The summed E-state index contributed by atoms with van der Waals surface area (Å²) in [5.41, 5.74) is 1.07. The van der Waals surface area contributed by atoms with Crippen LogP contribution in [0.3, 0.4) is 0 Å². The van der Waals surface area contributed by atoms with Gasteiger partial charge in [0.05, 0.1) is 28.6 Å². The Labute approximate surface area is 155 Å². The first-order valence-corrected chi connectivity index (χ1v) is 7.97. The Kier molecular flexibility index (Phi) is 6.48. The number of benzene rings is 1. The van der Waals surface area contributed by atoms with Gasteiger partial charge in [-0.2, -0.15) is 5.10 Å². The Morgan fingerprint density at radius 3 is 2.88 bits per heavy atom. The summed E-state index contributed by atoms with van der Waals surface area (Å²) in [6.07, 6.45) is 2.66. The molecule has 0 saturated carbocycles. The minimum Gasteiger partial charge on any atom is -0.391 e. The van der Waals surface area contributed by atoms with Gasteiger partial charge < -0.3 is 15.7 Å². The van der Waals surface area contributed by atoms with Crippen LogP contribution in [0.2, 0.25) is 10.0 Å². The van der Waals surface area contributed by atoms with Crippen molar-refractivity contribution in [2.75, 3.05) is 19.6 Å². The van der Waals surface area contributed by atoms with Crippen molar-refractivity contribution in [3.8, 4) is 5.69 Å². The third kappa shape index (κ3) is 4.20. The lowest BCUT2D eigenvalue weighted by Gasteiger charge is -2.13. The van der Waals surface area contributed by atoms with Crippen LogP contribution in [0.5, 0.6) is 0 Å². The van der Waals surface area contributed by atoms with Gasteiger partial charge in [0.2, 0.25) is 0 Å². The highest BCUT2D eigenvalue weighted by atomic mass is 35.5. The second-order valence-electron chi connectivity index (χ2n) is 5.47. The number of amides is 1. The number of aliphatic hydroxyl groups excluding tert-OH is 1. The van der Waals surface area contributed by atoms with E-state index in [4.69, 9.17) is 23.2 Å². The molecule has 2 aromatic rings. The number of nitrogens with zero attached hydrogens (tertiary/aromatic N) is 2. The van der Waals surface area contributed by atoms with Gasteiger partial charge in [-0.25, -0.2) is 4.68 Å². The maximum absolute atomic E-state index is 12.2. The molecule has 3 rings (SSSR count). The summed E-state index contributed by atoms with van der Waals surface area (Å²) in [6, 6.07) is 5.06. The van der Waals surface area contributed by atoms with Gasteiger partial charge in [0, 0.05) is 36.8 Å². The monoisotopic (exact) mass is 390 g/mol. The number of carbonyl (C=O) groups excluding carboxylic acids is 1. The zero-order chi connectivity index (χ0) is 16.4. The Morgan fingerprint density at radius 2 is 2.21 bits per heavy atom. The van der Waals surface area contributed by atoms with E-state index in [1.807, 2.05) is 0 Å². The fourth-order valence-corrected chi connectivity index (χ4v) is 2.99. The maximum Gasteiger partial charge on any atom is 0.254 e. The molecule has 0 bridgehead atoms. The molecule has 130 valence electrons. The first-order chi connectivity index (χ1) is 11.0. The van der Waals surface area contributed by atoms with Gasteiger partial charge in [-0.05, 0) is 18.2 Å². The Bertz CT molecular complexity index is 722. The van der Waals surface area contributed by atoms with Crippen LogP contribution < -0.4 is 10.6 Å². The summed E-state index contributed by atoms with van der Waals surface area (Å²) in [5.74, 6) is -0.208. The summed E-state index contributed by atoms with van der Waals surface area (Å²) in [4.78, 5) is 12.2. The number of hydrogen-bond acceptors (Lipinski definition) is 4. The molecule has 0 spiro atoms. The normalized spacial score (nSPS) is 19.8. The van der Waals surface area contributed by atoms with E-state index in [1.54, 1.807) is 24.4 Å². The van der Waals surface area contributed by atoms with Gasteiger partial charge in [-0.15, -0.1) is 12.4 Å². The van der Waals surface area contributed by atoms with E-state index < -0.39 is 6.10 Å². The number of aromatic nitrogens is 2. The molecule has 0 radical (unpaired) electrons. The lowest BCUT2D eigenvalue weighted by Crippen LogP contribution is -2.34. The number of aliphatic hydroxyl groups is 1. The highest BCUT2D eigenvalue weighted by molar-refractivity contribution is 6.35. The van der Waals surface area contributed by atoms with Gasteiger partial charge in [-0.1, -0.05) is 23.2 Å². The number of β-amino-alcohol motifs (C(OH)–C–C–N with tert-alkyl or cyclic N) is 1. The maximum atomic E-state index is 12.2. The first kappa shape index (κ1) is 19.0. The summed E-state index contributed by atoms with van der Waals surface area (Å²) >= 11 is 12.0. The van der Waals surface area contributed by atoms with E-state index in [-0.39, 0.29) is 24.2 Å². The second-order valence-corrected chi connectivity index (χ2v) is 6.31. The lowest BCUT2D eigenvalue weighted by atomic mass is 10.1. The van der Waals surface area contributed by atoms with E-state index in [1.165, 1.54) is 10.9 Å². The molecule has 2 atom stereocenters. The van der Waals surface area contributed by atoms with E-state index in [0.29, 0.717) is 40.9 Å². The molecule has 2 heterocycles. The molecule has 1 amide bonds. The minimum atomic E-state index is -0.425. The zero-order valence-electron chi connectivity index (χ0n) is 12.6. The van der Waals surface area contributed by atoms with Crippen molar-refractivity contribution in [3.63, 3.8) is 0 Å². The molecule has 9 heteroatoms. The van der Waals surface area contributed by atoms with Crippen LogP contribution in [0.1, 0.15) is 10.4 Å². The number of carbonyl (C=O) groups is 1. The molecule has 1 saturated heterocycles. The second kappa shape index (κ2) is 8.18. The summed E-state index contributed by atoms with van der Waals surface area (Å²) in [6.45, 7) is 1.68. The predicted molar refractivity (Wildman–Crippen MR) is 95.5 cm³/mol. The van der Waals surface area contributed by atoms with Gasteiger partial charge in [-0.3, -0.25) is 4.79 Å². The van der Waals surface area contributed by atoms with Gasteiger partial charge in [0.25, 0.3) is 5.91 Å². The topological polar surface area (TPSA) is 79.2 Å². The van der Waals surface area contributed by atoms with Crippen molar-refractivity contribution < 1.29 is 9.90 Å². The molecule has 1 aromatic heterocycles. The molecule has 6 nitrogen and oxygen atoms in total. The van der Waals surface area contributed by atoms with Gasteiger partial charge >= 0.3 is 0 Å². The molecular weight excluding hydrogens is 375 g/mol.